The largest absolute Gasteiger partial charge is 0.355 e. The molecule has 120 valence electrons. The number of amides is 1. The van der Waals surface area contributed by atoms with Crippen LogP contribution in [0.4, 0.5) is 4.39 Å². The molecule has 0 aliphatic heterocycles. The van der Waals surface area contributed by atoms with Crippen LogP contribution in [0.25, 0.3) is 0 Å². The molecule has 1 fully saturated rings. The van der Waals surface area contributed by atoms with Crippen LogP contribution in [0.2, 0.25) is 0 Å². The Morgan fingerprint density at radius 3 is 2.87 bits per heavy atom. The predicted octanol–water partition coefficient (Wildman–Crippen LogP) is 3.42. The zero-order valence-electron chi connectivity index (χ0n) is 13.4. The van der Waals surface area contributed by atoms with Crippen molar-refractivity contribution in [3.8, 4) is 0 Å². The number of aromatic nitrogens is 1. The van der Waals surface area contributed by atoms with Gasteiger partial charge in [0, 0.05) is 30.3 Å². The molecule has 1 heterocycles. The first-order chi connectivity index (χ1) is 11.0. The molecular weight excluding hydrogens is 291 g/mol. The molecule has 1 aromatic carbocycles. The molecule has 1 aliphatic carbocycles. The third-order valence-corrected chi connectivity index (χ3v) is 4.55. The van der Waals surface area contributed by atoms with Gasteiger partial charge in [0.15, 0.2) is 0 Å². The number of nitrogens with zero attached hydrogens (tertiary/aromatic N) is 1. The van der Waals surface area contributed by atoms with Crippen molar-refractivity contribution in [1.82, 2.24) is 10.3 Å². The van der Waals surface area contributed by atoms with Gasteiger partial charge in [-0.25, -0.2) is 4.39 Å². The van der Waals surface area contributed by atoms with Crippen molar-refractivity contribution in [2.45, 2.75) is 31.6 Å². The van der Waals surface area contributed by atoms with Gasteiger partial charge in [0.2, 0.25) is 5.91 Å². The van der Waals surface area contributed by atoms with E-state index in [0.29, 0.717) is 6.54 Å². The Balaban J connectivity index is 1.57. The van der Waals surface area contributed by atoms with Gasteiger partial charge in [-0.3, -0.25) is 9.78 Å². The van der Waals surface area contributed by atoms with Gasteiger partial charge in [0.25, 0.3) is 0 Å². The van der Waals surface area contributed by atoms with Crippen LogP contribution in [0.1, 0.15) is 37.3 Å². The summed E-state index contributed by atoms with van der Waals surface area (Å²) in [5.41, 5.74) is 1.70. The van der Waals surface area contributed by atoms with E-state index in [1.807, 2.05) is 38.2 Å². The average Bonchev–Trinajstić information content (AvgIpc) is 3.34. The van der Waals surface area contributed by atoms with E-state index in [4.69, 9.17) is 0 Å². The number of benzene rings is 1. The maximum absolute atomic E-state index is 13.4. The second-order valence-electron chi connectivity index (χ2n) is 6.85. The molecule has 1 amide bonds. The van der Waals surface area contributed by atoms with Crippen molar-refractivity contribution >= 4 is 5.91 Å². The highest BCUT2D eigenvalue weighted by molar-refractivity contribution is 5.83. The van der Waals surface area contributed by atoms with Crippen LogP contribution >= 0.6 is 0 Å². The molecule has 23 heavy (non-hydrogen) atoms. The molecule has 2 atom stereocenters. The molecule has 3 rings (SSSR count). The minimum atomic E-state index is -0.309. The van der Waals surface area contributed by atoms with Crippen LogP contribution in [0, 0.1) is 11.7 Å². The molecule has 2 aromatic rings. The summed E-state index contributed by atoms with van der Waals surface area (Å²) in [6, 6.07) is 10.5. The van der Waals surface area contributed by atoms with Crippen LogP contribution in [-0.2, 0) is 10.2 Å². The Morgan fingerprint density at radius 2 is 2.17 bits per heavy atom. The van der Waals surface area contributed by atoms with Crippen molar-refractivity contribution in [3.05, 3.63) is 65.7 Å². The first kappa shape index (κ1) is 15.7. The smallest absolute Gasteiger partial charge is 0.223 e. The molecule has 3 nitrogen and oxygen atoms in total. The molecule has 4 heteroatoms. The van der Waals surface area contributed by atoms with Crippen LogP contribution in [0.3, 0.4) is 0 Å². The van der Waals surface area contributed by atoms with Gasteiger partial charge in [0.1, 0.15) is 5.82 Å². The Kier molecular flexibility index (Phi) is 4.16. The van der Waals surface area contributed by atoms with E-state index in [9.17, 15) is 9.18 Å². The van der Waals surface area contributed by atoms with Gasteiger partial charge in [0.05, 0.1) is 0 Å². The fraction of sp³-hybridized carbons (Fsp3) is 0.368. The molecular formula is C19H21FN2O. The minimum Gasteiger partial charge on any atom is -0.355 e. The maximum atomic E-state index is 13.4. The third kappa shape index (κ3) is 3.58. The SMILES string of the molecule is CC(C)(CNC(=O)C1CC1c1cccnc1)c1cccc(F)c1. The van der Waals surface area contributed by atoms with Crippen molar-refractivity contribution in [2.75, 3.05) is 6.54 Å². The fourth-order valence-corrected chi connectivity index (χ4v) is 2.90. The molecule has 1 saturated carbocycles. The first-order valence-corrected chi connectivity index (χ1v) is 7.91. The van der Waals surface area contributed by atoms with Crippen molar-refractivity contribution < 1.29 is 9.18 Å². The highest BCUT2D eigenvalue weighted by Gasteiger charge is 2.44. The normalized spacial score (nSPS) is 20.1. The van der Waals surface area contributed by atoms with E-state index in [2.05, 4.69) is 10.3 Å². The number of rotatable bonds is 5. The van der Waals surface area contributed by atoms with Crippen LogP contribution in [-0.4, -0.2) is 17.4 Å². The van der Waals surface area contributed by atoms with E-state index in [1.54, 1.807) is 12.3 Å². The molecule has 1 N–H and O–H groups in total. The molecule has 2 unspecified atom stereocenters. The van der Waals surface area contributed by atoms with Gasteiger partial charge in [-0.1, -0.05) is 32.0 Å². The van der Waals surface area contributed by atoms with Gasteiger partial charge in [-0.15, -0.1) is 0 Å². The summed E-state index contributed by atoms with van der Waals surface area (Å²) < 4.78 is 13.4. The number of halogens is 1. The number of hydrogen-bond donors (Lipinski definition) is 1. The number of nitrogens with one attached hydrogen (secondary N) is 1. The fourth-order valence-electron chi connectivity index (χ4n) is 2.90. The number of pyridine rings is 1. The second-order valence-corrected chi connectivity index (χ2v) is 6.85. The lowest BCUT2D eigenvalue weighted by Gasteiger charge is -2.25. The standard InChI is InChI=1S/C19H21FN2O/c1-19(2,14-6-3-7-15(20)9-14)12-22-18(23)17-10-16(17)13-5-4-8-21-11-13/h3-9,11,16-17H,10,12H2,1-2H3,(H,22,23). The zero-order valence-corrected chi connectivity index (χ0v) is 13.4. The first-order valence-electron chi connectivity index (χ1n) is 7.91. The van der Waals surface area contributed by atoms with E-state index in [-0.39, 0.29) is 29.0 Å². The summed E-state index contributed by atoms with van der Waals surface area (Å²) in [6.07, 6.45) is 4.44. The van der Waals surface area contributed by atoms with E-state index in [0.717, 1.165) is 17.5 Å². The lowest BCUT2D eigenvalue weighted by atomic mass is 9.84. The average molecular weight is 312 g/mol. The van der Waals surface area contributed by atoms with E-state index >= 15 is 0 Å². The lowest BCUT2D eigenvalue weighted by Crippen LogP contribution is -2.37. The summed E-state index contributed by atoms with van der Waals surface area (Å²) in [4.78, 5) is 16.4. The van der Waals surface area contributed by atoms with Gasteiger partial charge < -0.3 is 5.32 Å². The number of carbonyl (C=O) groups is 1. The number of carbonyl (C=O) groups excluding carboxylic acids is 1. The topological polar surface area (TPSA) is 42.0 Å². The Morgan fingerprint density at radius 1 is 1.35 bits per heavy atom. The summed E-state index contributed by atoms with van der Waals surface area (Å²) in [7, 11) is 0. The van der Waals surface area contributed by atoms with Crippen molar-refractivity contribution in [3.63, 3.8) is 0 Å². The summed E-state index contributed by atoms with van der Waals surface area (Å²) in [6.45, 7) is 4.51. The lowest BCUT2D eigenvalue weighted by molar-refractivity contribution is -0.122. The third-order valence-electron chi connectivity index (χ3n) is 4.55. The van der Waals surface area contributed by atoms with Gasteiger partial charge in [-0.2, -0.15) is 0 Å². The summed E-state index contributed by atoms with van der Waals surface area (Å²) in [5.74, 6) is 0.132. The van der Waals surface area contributed by atoms with Crippen LogP contribution < -0.4 is 5.32 Å². The summed E-state index contributed by atoms with van der Waals surface area (Å²) >= 11 is 0. The molecule has 0 spiro atoms. The second kappa shape index (κ2) is 6.11. The molecule has 1 aliphatic rings. The highest BCUT2D eigenvalue weighted by Crippen LogP contribution is 2.47. The Bertz CT molecular complexity index is 700. The van der Waals surface area contributed by atoms with Crippen LogP contribution in [0.5, 0.6) is 0 Å². The van der Waals surface area contributed by atoms with Gasteiger partial charge >= 0.3 is 0 Å². The molecule has 0 saturated heterocycles. The molecule has 0 bridgehead atoms. The minimum absolute atomic E-state index is 0.0301. The van der Waals surface area contributed by atoms with Crippen LogP contribution in [0.15, 0.2) is 48.8 Å². The van der Waals surface area contributed by atoms with Crippen molar-refractivity contribution in [1.29, 1.82) is 0 Å². The van der Waals surface area contributed by atoms with E-state index < -0.39 is 0 Å². The quantitative estimate of drug-likeness (QED) is 0.919. The molecule has 0 radical (unpaired) electrons. The predicted molar refractivity (Wildman–Crippen MR) is 87.5 cm³/mol. The zero-order chi connectivity index (χ0) is 16.4. The number of hydrogen-bond acceptors (Lipinski definition) is 2. The van der Waals surface area contributed by atoms with Crippen molar-refractivity contribution in [2.24, 2.45) is 5.92 Å². The Labute approximate surface area is 135 Å². The van der Waals surface area contributed by atoms with Gasteiger partial charge in [-0.05, 0) is 41.7 Å². The summed E-state index contributed by atoms with van der Waals surface area (Å²) in [5, 5.41) is 3.02. The highest BCUT2D eigenvalue weighted by atomic mass is 19.1. The monoisotopic (exact) mass is 312 g/mol. The Hall–Kier alpha value is -2.23. The maximum Gasteiger partial charge on any atom is 0.223 e. The van der Waals surface area contributed by atoms with E-state index in [1.165, 1.54) is 12.1 Å². The molecule has 1 aromatic heterocycles.